The molecule has 1 N–H and O–H groups in total. The van der Waals surface area contributed by atoms with Crippen LogP contribution in [-0.4, -0.2) is 34.8 Å². The van der Waals surface area contributed by atoms with E-state index in [0.29, 0.717) is 30.4 Å². The van der Waals surface area contributed by atoms with Gasteiger partial charge in [-0.05, 0) is 52.9 Å². The van der Waals surface area contributed by atoms with Gasteiger partial charge in [-0.3, -0.25) is 9.59 Å². The number of likely N-dealkylation sites (tertiary alicyclic amines) is 1. The van der Waals surface area contributed by atoms with Crippen molar-refractivity contribution in [1.29, 1.82) is 0 Å². The van der Waals surface area contributed by atoms with E-state index >= 15 is 0 Å². The molecule has 3 aromatic carbocycles. The number of hydrogen-bond donors (Lipinski definition) is 1. The van der Waals surface area contributed by atoms with Gasteiger partial charge in [-0.1, -0.05) is 69.7 Å². The van der Waals surface area contributed by atoms with Gasteiger partial charge in [0.2, 0.25) is 0 Å². The predicted molar refractivity (Wildman–Crippen MR) is 135 cm³/mol. The fourth-order valence-electron chi connectivity index (χ4n) is 4.38. The number of benzene rings is 3. The summed E-state index contributed by atoms with van der Waals surface area (Å²) in [5.41, 5.74) is 1.45. The molecule has 34 heavy (non-hydrogen) atoms. The third-order valence-corrected chi connectivity index (χ3v) is 6.12. The minimum absolute atomic E-state index is 0.133. The van der Waals surface area contributed by atoms with Crippen LogP contribution >= 0.6 is 0 Å². The molecule has 5 nitrogen and oxygen atoms in total. The van der Waals surface area contributed by atoms with Crippen molar-refractivity contribution in [2.24, 2.45) is 5.92 Å². The zero-order chi connectivity index (χ0) is 24.2. The number of fused-ring (bicyclic) bond motifs is 1. The first kappa shape index (κ1) is 23.6. The van der Waals surface area contributed by atoms with E-state index in [0.717, 1.165) is 29.2 Å². The molecule has 1 unspecified atom stereocenters. The summed E-state index contributed by atoms with van der Waals surface area (Å²) < 4.78 is 5.74. The number of hydrogen-bond acceptors (Lipinski definition) is 4. The Labute approximate surface area is 200 Å². The van der Waals surface area contributed by atoms with Crippen molar-refractivity contribution in [1.82, 2.24) is 4.90 Å². The molecule has 0 aromatic heterocycles. The van der Waals surface area contributed by atoms with E-state index in [2.05, 4.69) is 13.8 Å². The van der Waals surface area contributed by atoms with E-state index < -0.39 is 17.7 Å². The van der Waals surface area contributed by atoms with Crippen LogP contribution in [0.2, 0.25) is 0 Å². The number of amides is 1. The highest BCUT2D eigenvalue weighted by molar-refractivity contribution is 6.46. The Morgan fingerprint density at radius 3 is 2.41 bits per heavy atom. The molecule has 1 heterocycles. The molecule has 1 aliphatic rings. The lowest BCUT2D eigenvalue weighted by Crippen LogP contribution is -2.30. The normalized spacial score (nSPS) is 17.6. The second-order valence-electron chi connectivity index (χ2n) is 9.14. The van der Waals surface area contributed by atoms with Crippen LogP contribution < -0.4 is 4.74 Å². The first-order chi connectivity index (χ1) is 16.4. The van der Waals surface area contributed by atoms with Crippen LogP contribution in [0.25, 0.3) is 16.5 Å². The second-order valence-corrected chi connectivity index (χ2v) is 9.14. The number of Topliss-reactive ketones (excluding diaryl/α,β-unsaturated/α-hetero) is 1. The van der Waals surface area contributed by atoms with Gasteiger partial charge in [0.25, 0.3) is 11.7 Å². The maximum Gasteiger partial charge on any atom is 0.295 e. The first-order valence-electron chi connectivity index (χ1n) is 11.9. The molecule has 5 heteroatoms. The van der Waals surface area contributed by atoms with Crippen LogP contribution in [0.5, 0.6) is 5.75 Å². The van der Waals surface area contributed by atoms with Gasteiger partial charge in [-0.2, -0.15) is 0 Å². The highest BCUT2D eigenvalue weighted by Gasteiger charge is 2.46. The van der Waals surface area contributed by atoms with Crippen molar-refractivity contribution in [3.05, 3.63) is 83.4 Å². The molecule has 1 saturated heterocycles. The Morgan fingerprint density at radius 1 is 1.00 bits per heavy atom. The molecular formula is C29H31NO4. The third kappa shape index (κ3) is 4.56. The number of ether oxygens (including phenoxy) is 1. The smallest absolute Gasteiger partial charge is 0.295 e. The highest BCUT2D eigenvalue weighted by Crippen LogP contribution is 2.42. The fraction of sp³-hybridized carbons (Fsp3) is 0.310. The lowest BCUT2D eigenvalue weighted by molar-refractivity contribution is -0.139. The molecule has 0 bridgehead atoms. The van der Waals surface area contributed by atoms with Gasteiger partial charge in [0, 0.05) is 12.1 Å². The van der Waals surface area contributed by atoms with Crippen LogP contribution in [0.4, 0.5) is 0 Å². The van der Waals surface area contributed by atoms with Crippen molar-refractivity contribution >= 4 is 28.2 Å². The van der Waals surface area contributed by atoms with Crippen LogP contribution in [-0.2, 0) is 9.59 Å². The number of aliphatic hydroxyl groups excluding tert-OH is 1. The number of unbranched alkanes of at least 4 members (excludes halogenated alkanes) is 1. The van der Waals surface area contributed by atoms with Crippen LogP contribution in [0.3, 0.4) is 0 Å². The summed E-state index contributed by atoms with van der Waals surface area (Å²) in [7, 11) is 0. The van der Waals surface area contributed by atoms with E-state index in [-0.39, 0.29) is 11.3 Å². The largest absolute Gasteiger partial charge is 0.507 e. The maximum absolute atomic E-state index is 13.2. The lowest BCUT2D eigenvalue weighted by Gasteiger charge is -2.26. The summed E-state index contributed by atoms with van der Waals surface area (Å²) >= 11 is 0. The Hall–Kier alpha value is -3.60. The number of aliphatic hydroxyl groups is 1. The highest BCUT2D eigenvalue weighted by atomic mass is 16.5. The SMILES string of the molecule is CCCCN1C(=O)C(=O)/C(=C(\O)c2ccc(OCC(C)C)cc2)C1c1cccc2ccccc12. The molecule has 4 rings (SSSR count). The molecule has 0 saturated carbocycles. The fourth-order valence-corrected chi connectivity index (χ4v) is 4.38. The van der Waals surface area contributed by atoms with Gasteiger partial charge in [0.05, 0.1) is 18.2 Å². The van der Waals surface area contributed by atoms with Crippen LogP contribution in [0.15, 0.2) is 72.3 Å². The zero-order valence-corrected chi connectivity index (χ0v) is 20.0. The topological polar surface area (TPSA) is 66.8 Å². The molecule has 0 aliphatic carbocycles. The van der Waals surface area contributed by atoms with Crippen molar-refractivity contribution in [3.8, 4) is 5.75 Å². The minimum atomic E-state index is -0.647. The Morgan fingerprint density at radius 2 is 1.71 bits per heavy atom. The Balaban J connectivity index is 1.82. The quantitative estimate of drug-likeness (QED) is 0.252. The summed E-state index contributed by atoms with van der Waals surface area (Å²) in [5.74, 6) is -0.283. The molecule has 176 valence electrons. The van der Waals surface area contributed by atoms with Gasteiger partial charge in [-0.15, -0.1) is 0 Å². The molecule has 1 fully saturated rings. The summed E-state index contributed by atoms with van der Waals surface area (Å²) in [6, 6.07) is 20.1. The van der Waals surface area contributed by atoms with Crippen LogP contribution in [0.1, 0.15) is 50.8 Å². The summed E-state index contributed by atoms with van der Waals surface area (Å²) in [6.07, 6.45) is 1.67. The van der Waals surface area contributed by atoms with Crippen molar-refractivity contribution < 1.29 is 19.4 Å². The monoisotopic (exact) mass is 457 g/mol. The van der Waals surface area contributed by atoms with E-state index in [1.54, 1.807) is 29.2 Å². The summed E-state index contributed by atoms with van der Waals surface area (Å²) in [5, 5.41) is 13.3. The molecule has 1 atom stereocenters. The van der Waals surface area contributed by atoms with Crippen molar-refractivity contribution in [2.45, 2.75) is 39.7 Å². The predicted octanol–water partition coefficient (Wildman–Crippen LogP) is 6.10. The van der Waals surface area contributed by atoms with Gasteiger partial charge in [0.1, 0.15) is 11.5 Å². The number of carbonyl (C=O) groups excluding carboxylic acids is 2. The van der Waals surface area contributed by atoms with Gasteiger partial charge in [-0.25, -0.2) is 0 Å². The standard InChI is InChI=1S/C29H31NO4/c1-4-5-17-30-26(24-12-8-10-20-9-6-7-11-23(20)24)25(28(32)29(30)33)27(31)21-13-15-22(16-14-21)34-18-19(2)3/h6-16,19,26,31H,4-5,17-18H2,1-3H3/b27-25-. The Bertz CT molecular complexity index is 1220. The second kappa shape index (κ2) is 10.1. The van der Waals surface area contributed by atoms with E-state index in [9.17, 15) is 14.7 Å². The molecule has 0 radical (unpaired) electrons. The number of ketones is 1. The molecule has 1 aliphatic heterocycles. The molecule has 0 spiro atoms. The third-order valence-electron chi connectivity index (χ3n) is 6.12. The van der Waals surface area contributed by atoms with E-state index in [1.807, 2.05) is 49.4 Å². The van der Waals surface area contributed by atoms with E-state index in [1.165, 1.54) is 0 Å². The van der Waals surface area contributed by atoms with Gasteiger partial charge in [0.15, 0.2) is 0 Å². The Kier molecular flexibility index (Phi) is 7.01. The molecule has 3 aromatic rings. The molecular weight excluding hydrogens is 426 g/mol. The van der Waals surface area contributed by atoms with Crippen LogP contribution in [0, 0.1) is 5.92 Å². The van der Waals surface area contributed by atoms with Gasteiger partial charge < -0.3 is 14.7 Å². The average molecular weight is 458 g/mol. The lowest BCUT2D eigenvalue weighted by atomic mass is 9.91. The summed E-state index contributed by atoms with van der Waals surface area (Å²) in [6.45, 7) is 7.24. The molecule has 1 amide bonds. The van der Waals surface area contributed by atoms with Gasteiger partial charge >= 0.3 is 0 Å². The van der Waals surface area contributed by atoms with E-state index in [4.69, 9.17) is 4.74 Å². The number of rotatable bonds is 8. The minimum Gasteiger partial charge on any atom is -0.507 e. The maximum atomic E-state index is 13.2. The number of nitrogens with zero attached hydrogens (tertiary/aromatic N) is 1. The van der Waals surface area contributed by atoms with Crippen molar-refractivity contribution in [2.75, 3.05) is 13.2 Å². The first-order valence-corrected chi connectivity index (χ1v) is 11.9. The average Bonchev–Trinajstić information content (AvgIpc) is 3.10. The summed E-state index contributed by atoms with van der Waals surface area (Å²) in [4.78, 5) is 27.9. The number of carbonyl (C=O) groups is 2. The zero-order valence-electron chi connectivity index (χ0n) is 20.0. The van der Waals surface area contributed by atoms with Crippen molar-refractivity contribution in [3.63, 3.8) is 0 Å².